The largest absolute Gasteiger partial charge is 0.306 e. The first-order valence-corrected chi connectivity index (χ1v) is 6.69. The molecule has 0 amide bonds. The molecular weight excluding hydrogens is 270 g/mol. The van der Waals surface area contributed by atoms with Crippen LogP contribution in [0.5, 0.6) is 0 Å². The summed E-state index contributed by atoms with van der Waals surface area (Å²) in [4.78, 5) is 2.36. The van der Waals surface area contributed by atoms with Gasteiger partial charge in [-0.3, -0.25) is 0 Å². The van der Waals surface area contributed by atoms with Crippen LogP contribution in [0.25, 0.3) is 0 Å². The lowest BCUT2D eigenvalue weighted by Crippen LogP contribution is -2.22. The summed E-state index contributed by atoms with van der Waals surface area (Å²) in [6.07, 6.45) is 2.26. The number of hydrogen-bond acceptors (Lipinski definition) is 2. The molecule has 0 aliphatic carbocycles. The maximum absolute atomic E-state index is 4.22. The standard InChI is InChI=1S/C12H18BrNS/c1-14(8-4-10-15)9-7-11-5-2-3-6-12(11)13/h2-3,5-6,15H,4,7-10H2,1H3. The molecule has 0 radical (unpaired) electrons. The lowest BCUT2D eigenvalue weighted by atomic mass is 10.1. The first-order chi connectivity index (χ1) is 7.24. The first-order valence-electron chi connectivity index (χ1n) is 5.27. The van der Waals surface area contributed by atoms with Crippen molar-refractivity contribution in [2.24, 2.45) is 0 Å². The van der Waals surface area contributed by atoms with Crippen molar-refractivity contribution in [2.75, 3.05) is 25.9 Å². The van der Waals surface area contributed by atoms with E-state index in [0.29, 0.717) is 0 Å². The second-order valence-corrected chi connectivity index (χ2v) is 5.02. The monoisotopic (exact) mass is 287 g/mol. The van der Waals surface area contributed by atoms with Gasteiger partial charge in [0.15, 0.2) is 0 Å². The Balaban J connectivity index is 2.33. The summed E-state index contributed by atoms with van der Waals surface area (Å²) in [5.74, 6) is 0.972. The maximum Gasteiger partial charge on any atom is 0.0207 e. The predicted octanol–water partition coefficient (Wildman–Crippen LogP) is 3.24. The van der Waals surface area contributed by atoms with Crippen LogP contribution in [-0.2, 0) is 6.42 Å². The van der Waals surface area contributed by atoms with Gasteiger partial charge in [0.2, 0.25) is 0 Å². The van der Waals surface area contributed by atoms with Gasteiger partial charge in [-0.2, -0.15) is 12.6 Å². The number of thiol groups is 1. The van der Waals surface area contributed by atoms with Gasteiger partial charge in [-0.1, -0.05) is 34.1 Å². The zero-order chi connectivity index (χ0) is 11.1. The Morgan fingerprint density at radius 3 is 2.67 bits per heavy atom. The third-order valence-corrected chi connectivity index (χ3v) is 3.51. The molecule has 0 saturated heterocycles. The van der Waals surface area contributed by atoms with Crippen LogP contribution in [0, 0.1) is 0 Å². The maximum atomic E-state index is 4.22. The van der Waals surface area contributed by atoms with E-state index in [1.807, 2.05) is 0 Å². The van der Waals surface area contributed by atoms with Gasteiger partial charge in [-0.05, 0) is 43.8 Å². The molecule has 0 bridgehead atoms. The summed E-state index contributed by atoms with van der Waals surface area (Å²) >= 11 is 7.78. The highest BCUT2D eigenvalue weighted by Crippen LogP contribution is 2.16. The van der Waals surface area contributed by atoms with Gasteiger partial charge in [0.25, 0.3) is 0 Å². The summed E-state index contributed by atoms with van der Waals surface area (Å²) in [6, 6.07) is 8.42. The van der Waals surface area contributed by atoms with Crippen molar-refractivity contribution in [2.45, 2.75) is 12.8 Å². The number of halogens is 1. The number of benzene rings is 1. The first kappa shape index (κ1) is 13.1. The molecule has 15 heavy (non-hydrogen) atoms. The molecule has 0 heterocycles. The molecule has 0 spiro atoms. The minimum atomic E-state index is 0.972. The lowest BCUT2D eigenvalue weighted by Gasteiger charge is -2.16. The molecule has 0 atom stereocenters. The number of likely N-dealkylation sites (N-methyl/N-ethyl adjacent to an activating group) is 1. The van der Waals surface area contributed by atoms with Crippen LogP contribution in [0.4, 0.5) is 0 Å². The zero-order valence-corrected chi connectivity index (χ0v) is 11.6. The van der Waals surface area contributed by atoms with Crippen molar-refractivity contribution in [1.82, 2.24) is 4.90 Å². The highest BCUT2D eigenvalue weighted by molar-refractivity contribution is 9.10. The molecule has 0 aliphatic heterocycles. The molecule has 1 nitrogen and oxygen atoms in total. The van der Waals surface area contributed by atoms with Gasteiger partial charge in [-0.15, -0.1) is 0 Å². The van der Waals surface area contributed by atoms with Crippen LogP contribution in [0.2, 0.25) is 0 Å². The van der Waals surface area contributed by atoms with E-state index in [1.54, 1.807) is 0 Å². The molecule has 0 saturated carbocycles. The van der Waals surface area contributed by atoms with E-state index in [9.17, 15) is 0 Å². The van der Waals surface area contributed by atoms with Crippen LogP contribution in [-0.4, -0.2) is 30.8 Å². The molecule has 1 rings (SSSR count). The summed E-state index contributed by atoms with van der Waals surface area (Å²) in [6.45, 7) is 2.24. The summed E-state index contributed by atoms with van der Waals surface area (Å²) in [5, 5.41) is 0. The Hall–Kier alpha value is 0.01000. The molecule has 84 valence electrons. The van der Waals surface area contributed by atoms with E-state index in [2.05, 4.69) is 64.8 Å². The van der Waals surface area contributed by atoms with Crippen molar-refractivity contribution in [1.29, 1.82) is 0 Å². The zero-order valence-electron chi connectivity index (χ0n) is 9.12. The van der Waals surface area contributed by atoms with E-state index in [1.165, 1.54) is 10.0 Å². The van der Waals surface area contributed by atoms with Crippen molar-refractivity contribution in [3.63, 3.8) is 0 Å². The Morgan fingerprint density at radius 2 is 2.00 bits per heavy atom. The SMILES string of the molecule is CN(CCCS)CCc1ccccc1Br. The molecule has 3 heteroatoms. The third kappa shape index (κ3) is 5.05. The summed E-state index contributed by atoms with van der Waals surface area (Å²) in [7, 11) is 2.17. The highest BCUT2D eigenvalue weighted by Gasteiger charge is 2.01. The molecule has 1 aromatic carbocycles. The quantitative estimate of drug-likeness (QED) is 0.786. The predicted molar refractivity (Wildman–Crippen MR) is 73.8 cm³/mol. The molecule has 1 aromatic rings. The Labute approximate surface area is 106 Å². The second kappa shape index (κ2) is 7.31. The Kier molecular flexibility index (Phi) is 6.37. The van der Waals surface area contributed by atoms with E-state index in [0.717, 1.165) is 31.7 Å². The second-order valence-electron chi connectivity index (χ2n) is 3.72. The highest BCUT2D eigenvalue weighted by atomic mass is 79.9. The van der Waals surface area contributed by atoms with Gasteiger partial charge in [0, 0.05) is 11.0 Å². The normalized spacial score (nSPS) is 10.9. The van der Waals surface area contributed by atoms with Crippen LogP contribution in [0.1, 0.15) is 12.0 Å². The van der Waals surface area contributed by atoms with E-state index >= 15 is 0 Å². The number of hydrogen-bond donors (Lipinski definition) is 1. The van der Waals surface area contributed by atoms with Crippen LogP contribution in [0.15, 0.2) is 28.7 Å². The van der Waals surface area contributed by atoms with Crippen LogP contribution < -0.4 is 0 Å². The van der Waals surface area contributed by atoms with Crippen molar-refractivity contribution in [3.05, 3.63) is 34.3 Å². The van der Waals surface area contributed by atoms with Gasteiger partial charge in [0.1, 0.15) is 0 Å². The van der Waals surface area contributed by atoms with Crippen molar-refractivity contribution in [3.8, 4) is 0 Å². The van der Waals surface area contributed by atoms with Gasteiger partial charge >= 0.3 is 0 Å². The lowest BCUT2D eigenvalue weighted by molar-refractivity contribution is 0.340. The van der Waals surface area contributed by atoms with Crippen molar-refractivity contribution >= 4 is 28.6 Å². The Bertz CT molecular complexity index is 291. The van der Waals surface area contributed by atoms with E-state index in [4.69, 9.17) is 0 Å². The molecule has 0 unspecified atom stereocenters. The number of rotatable bonds is 6. The molecule has 0 aromatic heterocycles. The van der Waals surface area contributed by atoms with Gasteiger partial charge < -0.3 is 4.90 Å². The minimum Gasteiger partial charge on any atom is -0.306 e. The number of nitrogens with zero attached hydrogens (tertiary/aromatic N) is 1. The molecule has 0 fully saturated rings. The van der Waals surface area contributed by atoms with Gasteiger partial charge in [-0.25, -0.2) is 0 Å². The topological polar surface area (TPSA) is 3.24 Å². The third-order valence-electron chi connectivity index (χ3n) is 2.42. The molecular formula is C12H18BrNS. The van der Waals surface area contributed by atoms with Crippen molar-refractivity contribution < 1.29 is 0 Å². The average molecular weight is 288 g/mol. The summed E-state index contributed by atoms with van der Waals surface area (Å²) < 4.78 is 1.22. The van der Waals surface area contributed by atoms with Crippen LogP contribution in [0.3, 0.4) is 0 Å². The van der Waals surface area contributed by atoms with Crippen LogP contribution >= 0.6 is 28.6 Å². The Morgan fingerprint density at radius 1 is 1.27 bits per heavy atom. The van der Waals surface area contributed by atoms with E-state index in [-0.39, 0.29) is 0 Å². The van der Waals surface area contributed by atoms with E-state index < -0.39 is 0 Å². The molecule has 0 aliphatic rings. The summed E-state index contributed by atoms with van der Waals surface area (Å²) in [5.41, 5.74) is 1.38. The fraction of sp³-hybridized carbons (Fsp3) is 0.500. The fourth-order valence-corrected chi connectivity index (χ4v) is 2.09. The fourth-order valence-electron chi connectivity index (χ4n) is 1.46. The smallest absolute Gasteiger partial charge is 0.0207 e. The molecule has 0 N–H and O–H groups in total. The van der Waals surface area contributed by atoms with Gasteiger partial charge in [0.05, 0.1) is 0 Å². The minimum absolute atomic E-state index is 0.972. The average Bonchev–Trinajstić information content (AvgIpc) is 2.25.